The Balaban J connectivity index is 1.62. The Morgan fingerprint density at radius 1 is 1.13 bits per heavy atom. The summed E-state index contributed by atoms with van der Waals surface area (Å²) in [5, 5.41) is 10.2. The number of benzene rings is 1. The summed E-state index contributed by atoms with van der Waals surface area (Å²) in [6, 6.07) is 8.19. The molecule has 1 aromatic carbocycles. The molecule has 1 saturated heterocycles. The summed E-state index contributed by atoms with van der Waals surface area (Å²) in [7, 11) is 0. The van der Waals surface area contributed by atoms with E-state index in [0.29, 0.717) is 31.8 Å². The third-order valence-electron chi connectivity index (χ3n) is 5.60. The van der Waals surface area contributed by atoms with Crippen LogP contribution in [-0.4, -0.2) is 41.1 Å². The van der Waals surface area contributed by atoms with E-state index in [1.54, 1.807) is 0 Å². The fraction of sp³-hybridized carbons (Fsp3) is 0.632. The van der Waals surface area contributed by atoms with Gasteiger partial charge in [-0.1, -0.05) is 31.4 Å². The summed E-state index contributed by atoms with van der Waals surface area (Å²) < 4.78 is 0. The molecule has 0 atom stereocenters. The number of nitrogens with zero attached hydrogens (tertiary/aromatic N) is 1. The lowest BCUT2D eigenvalue weighted by molar-refractivity contribution is -0.00951. The van der Waals surface area contributed by atoms with Crippen molar-refractivity contribution in [1.82, 2.24) is 4.90 Å². The van der Waals surface area contributed by atoms with Crippen LogP contribution in [0.1, 0.15) is 66.8 Å². The first-order chi connectivity index (χ1) is 11.1. The molecule has 0 radical (unpaired) electrons. The van der Waals surface area contributed by atoms with Crippen molar-refractivity contribution in [2.24, 2.45) is 5.73 Å². The minimum Gasteiger partial charge on any atom is -0.388 e. The average Bonchev–Trinajstić information content (AvgIpc) is 2.63. The van der Waals surface area contributed by atoms with Gasteiger partial charge in [-0.3, -0.25) is 4.79 Å². The van der Waals surface area contributed by atoms with Gasteiger partial charge in [-0.25, -0.2) is 0 Å². The highest BCUT2D eigenvalue weighted by Gasteiger charge is 2.32. The summed E-state index contributed by atoms with van der Waals surface area (Å²) in [4.78, 5) is 14.4. The summed E-state index contributed by atoms with van der Waals surface area (Å²) in [6.07, 6.45) is 7.68. The Morgan fingerprint density at radius 2 is 1.74 bits per heavy atom. The van der Waals surface area contributed by atoms with Gasteiger partial charge in [0, 0.05) is 25.2 Å². The van der Waals surface area contributed by atoms with Crippen molar-refractivity contribution in [3.63, 3.8) is 0 Å². The van der Waals surface area contributed by atoms with Crippen LogP contribution in [-0.2, 0) is 0 Å². The summed E-state index contributed by atoms with van der Waals surface area (Å²) in [6.45, 7) is 1.43. The standard InChI is InChI=1S/C19H28N2O2/c20-14-19(23)10-12-21(13-11-19)18(22)17-8-6-16(7-9-17)15-4-2-1-3-5-15/h6-9,15,23H,1-5,10-14,20H2. The van der Waals surface area contributed by atoms with Gasteiger partial charge in [-0.15, -0.1) is 0 Å². The highest BCUT2D eigenvalue weighted by atomic mass is 16.3. The monoisotopic (exact) mass is 316 g/mol. The van der Waals surface area contributed by atoms with E-state index < -0.39 is 5.60 Å². The maximum atomic E-state index is 12.6. The van der Waals surface area contributed by atoms with E-state index in [1.807, 2.05) is 17.0 Å². The first kappa shape index (κ1) is 16.5. The predicted molar refractivity (Wildman–Crippen MR) is 91.4 cm³/mol. The van der Waals surface area contributed by atoms with Crippen LogP contribution in [0.15, 0.2) is 24.3 Å². The number of aliphatic hydroxyl groups is 1. The molecule has 0 bridgehead atoms. The fourth-order valence-corrected chi connectivity index (χ4v) is 3.85. The Hall–Kier alpha value is -1.39. The van der Waals surface area contributed by atoms with Gasteiger partial charge in [0.2, 0.25) is 0 Å². The van der Waals surface area contributed by atoms with Gasteiger partial charge in [0.25, 0.3) is 5.91 Å². The molecule has 1 saturated carbocycles. The number of rotatable bonds is 3. The third-order valence-corrected chi connectivity index (χ3v) is 5.60. The van der Waals surface area contributed by atoms with E-state index >= 15 is 0 Å². The molecule has 126 valence electrons. The van der Waals surface area contributed by atoms with E-state index in [9.17, 15) is 9.90 Å². The summed E-state index contributed by atoms with van der Waals surface area (Å²) >= 11 is 0. The molecule has 2 fully saturated rings. The second-order valence-corrected chi connectivity index (χ2v) is 7.18. The van der Waals surface area contributed by atoms with E-state index in [2.05, 4.69) is 12.1 Å². The maximum Gasteiger partial charge on any atom is 0.253 e. The number of amides is 1. The number of likely N-dealkylation sites (tertiary alicyclic amines) is 1. The van der Waals surface area contributed by atoms with Gasteiger partial charge in [-0.2, -0.15) is 0 Å². The van der Waals surface area contributed by atoms with Crippen LogP contribution in [0.2, 0.25) is 0 Å². The normalized spacial score (nSPS) is 22.1. The molecule has 1 aliphatic carbocycles. The topological polar surface area (TPSA) is 66.6 Å². The van der Waals surface area contributed by atoms with Crippen molar-refractivity contribution in [2.45, 2.75) is 56.5 Å². The number of hydrogen-bond acceptors (Lipinski definition) is 3. The van der Waals surface area contributed by atoms with Crippen molar-refractivity contribution in [2.75, 3.05) is 19.6 Å². The SMILES string of the molecule is NCC1(O)CCN(C(=O)c2ccc(C3CCCCC3)cc2)CC1. The van der Waals surface area contributed by atoms with Crippen LogP contribution in [0.5, 0.6) is 0 Å². The number of piperidine rings is 1. The molecule has 4 nitrogen and oxygen atoms in total. The lowest BCUT2D eigenvalue weighted by Crippen LogP contribution is -2.50. The minimum absolute atomic E-state index is 0.0688. The summed E-state index contributed by atoms with van der Waals surface area (Å²) in [5.41, 5.74) is 6.94. The van der Waals surface area contributed by atoms with E-state index in [-0.39, 0.29) is 12.5 Å². The second-order valence-electron chi connectivity index (χ2n) is 7.18. The lowest BCUT2D eigenvalue weighted by Gasteiger charge is -2.37. The van der Waals surface area contributed by atoms with Gasteiger partial charge in [0.1, 0.15) is 0 Å². The smallest absolute Gasteiger partial charge is 0.253 e. The molecule has 2 aliphatic rings. The predicted octanol–water partition coefficient (Wildman–Crippen LogP) is 2.66. The molecule has 0 aromatic heterocycles. The van der Waals surface area contributed by atoms with Crippen molar-refractivity contribution < 1.29 is 9.90 Å². The van der Waals surface area contributed by atoms with Crippen LogP contribution >= 0.6 is 0 Å². The van der Waals surface area contributed by atoms with E-state index in [1.165, 1.54) is 37.7 Å². The average molecular weight is 316 g/mol. The van der Waals surface area contributed by atoms with Crippen molar-refractivity contribution in [3.8, 4) is 0 Å². The molecule has 4 heteroatoms. The number of nitrogens with two attached hydrogens (primary N) is 1. The molecule has 3 N–H and O–H groups in total. The first-order valence-corrected chi connectivity index (χ1v) is 8.93. The van der Waals surface area contributed by atoms with Crippen molar-refractivity contribution in [1.29, 1.82) is 0 Å². The molecule has 1 aliphatic heterocycles. The van der Waals surface area contributed by atoms with Gasteiger partial charge >= 0.3 is 0 Å². The number of carbonyl (C=O) groups excluding carboxylic acids is 1. The van der Waals surface area contributed by atoms with Gasteiger partial charge < -0.3 is 15.7 Å². The summed E-state index contributed by atoms with van der Waals surface area (Å²) in [5.74, 6) is 0.738. The quantitative estimate of drug-likeness (QED) is 0.901. The van der Waals surface area contributed by atoms with Crippen LogP contribution < -0.4 is 5.73 Å². The number of carbonyl (C=O) groups is 1. The molecule has 3 rings (SSSR count). The van der Waals surface area contributed by atoms with E-state index in [4.69, 9.17) is 5.73 Å². The van der Waals surface area contributed by atoms with Gasteiger partial charge in [-0.05, 0) is 49.3 Å². The molecular weight excluding hydrogens is 288 g/mol. The zero-order valence-corrected chi connectivity index (χ0v) is 13.8. The molecule has 23 heavy (non-hydrogen) atoms. The second kappa shape index (κ2) is 7.02. The minimum atomic E-state index is -0.790. The molecule has 1 amide bonds. The lowest BCUT2D eigenvalue weighted by atomic mass is 9.84. The first-order valence-electron chi connectivity index (χ1n) is 8.93. The van der Waals surface area contributed by atoms with Gasteiger partial charge in [0.05, 0.1) is 5.60 Å². The molecule has 1 aromatic rings. The maximum absolute atomic E-state index is 12.6. The van der Waals surface area contributed by atoms with Crippen molar-refractivity contribution >= 4 is 5.91 Å². The zero-order chi connectivity index (χ0) is 16.3. The molecular formula is C19H28N2O2. The van der Waals surface area contributed by atoms with Gasteiger partial charge in [0.15, 0.2) is 0 Å². The number of hydrogen-bond donors (Lipinski definition) is 2. The zero-order valence-electron chi connectivity index (χ0n) is 13.8. The largest absolute Gasteiger partial charge is 0.388 e. The Morgan fingerprint density at radius 3 is 2.30 bits per heavy atom. The highest BCUT2D eigenvalue weighted by molar-refractivity contribution is 5.94. The van der Waals surface area contributed by atoms with Crippen LogP contribution in [0.25, 0.3) is 0 Å². The molecule has 0 unspecified atom stereocenters. The van der Waals surface area contributed by atoms with Crippen LogP contribution in [0.3, 0.4) is 0 Å². The highest BCUT2D eigenvalue weighted by Crippen LogP contribution is 2.32. The molecule has 1 heterocycles. The van der Waals surface area contributed by atoms with Crippen molar-refractivity contribution in [3.05, 3.63) is 35.4 Å². The Kier molecular flexibility index (Phi) is 5.02. The van der Waals surface area contributed by atoms with Crippen LogP contribution in [0.4, 0.5) is 0 Å². The van der Waals surface area contributed by atoms with E-state index in [0.717, 1.165) is 5.56 Å². The van der Waals surface area contributed by atoms with Crippen LogP contribution in [0, 0.1) is 0 Å². The Bertz CT molecular complexity index is 527. The molecule has 0 spiro atoms. The fourth-order valence-electron chi connectivity index (χ4n) is 3.85. The third kappa shape index (κ3) is 3.75. The Labute approximate surface area is 138 Å².